The fourth-order valence-electron chi connectivity index (χ4n) is 1.55. The number of carbonyl (C=O) groups is 1. The van der Waals surface area contributed by atoms with Crippen LogP contribution in [-0.2, 0) is 4.79 Å². The summed E-state index contributed by atoms with van der Waals surface area (Å²) in [7, 11) is 0. The molecule has 0 aliphatic rings. The predicted molar refractivity (Wildman–Crippen MR) is 73.1 cm³/mol. The van der Waals surface area contributed by atoms with Gasteiger partial charge in [-0.15, -0.1) is 0 Å². The lowest BCUT2D eigenvalue weighted by Crippen LogP contribution is -2.07. The molecule has 1 amide bonds. The van der Waals surface area contributed by atoms with Crippen molar-refractivity contribution in [3.8, 4) is 0 Å². The number of hydrogen-bond donors (Lipinski definition) is 1. The number of nitrogens with zero attached hydrogens (tertiary/aromatic N) is 1. The summed E-state index contributed by atoms with van der Waals surface area (Å²) in [5.41, 5.74) is 2.82. The van der Waals surface area contributed by atoms with E-state index >= 15 is 0 Å². The van der Waals surface area contributed by atoms with Crippen molar-refractivity contribution in [2.75, 3.05) is 5.32 Å². The number of anilines is 1. The molecule has 0 aliphatic carbocycles. The zero-order valence-electron chi connectivity index (χ0n) is 10.1. The fraction of sp³-hybridized carbons (Fsp3) is 0.0667. The second-order valence-electron chi connectivity index (χ2n) is 3.98. The molecule has 0 spiro atoms. The number of nitrogens with one attached hydrogen (secondary N) is 1. The van der Waals surface area contributed by atoms with E-state index in [1.54, 1.807) is 18.5 Å². The highest BCUT2D eigenvalue weighted by Gasteiger charge is 1.97. The van der Waals surface area contributed by atoms with Crippen molar-refractivity contribution in [3.05, 3.63) is 66.0 Å². The largest absolute Gasteiger partial charge is 0.323 e. The summed E-state index contributed by atoms with van der Waals surface area (Å²) in [5, 5.41) is 2.81. The summed E-state index contributed by atoms with van der Waals surface area (Å²) in [6.07, 6.45) is 6.64. The minimum atomic E-state index is -0.149. The van der Waals surface area contributed by atoms with Crippen LogP contribution in [0.3, 0.4) is 0 Å². The number of hydrogen-bond acceptors (Lipinski definition) is 2. The molecule has 0 atom stereocenters. The van der Waals surface area contributed by atoms with Crippen LogP contribution in [0.25, 0.3) is 6.08 Å². The van der Waals surface area contributed by atoms with Crippen LogP contribution < -0.4 is 5.32 Å². The van der Waals surface area contributed by atoms with Crippen LogP contribution in [-0.4, -0.2) is 10.9 Å². The molecule has 0 unspecified atom stereocenters. The molecular weight excluding hydrogens is 224 g/mol. The molecule has 3 heteroatoms. The van der Waals surface area contributed by atoms with E-state index in [2.05, 4.69) is 10.3 Å². The van der Waals surface area contributed by atoms with Gasteiger partial charge in [0.05, 0.1) is 0 Å². The summed E-state index contributed by atoms with van der Waals surface area (Å²) < 4.78 is 0. The second-order valence-corrected chi connectivity index (χ2v) is 3.98. The van der Waals surface area contributed by atoms with Crippen molar-refractivity contribution in [3.63, 3.8) is 0 Å². The maximum atomic E-state index is 11.7. The average molecular weight is 238 g/mol. The number of aromatic nitrogens is 1. The Hall–Kier alpha value is -2.42. The normalized spacial score (nSPS) is 10.5. The maximum Gasteiger partial charge on any atom is 0.248 e. The summed E-state index contributed by atoms with van der Waals surface area (Å²) in [5.74, 6) is -0.149. The van der Waals surface area contributed by atoms with Crippen molar-refractivity contribution < 1.29 is 4.79 Å². The Kier molecular flexibility index (Phi) is 3.86. The number of amides is 1. The Morgan fingerprint density at radius 2 is 2.17 bits per heavy atom. The first-order valence-corrected chi connectivity index (χ1v) is 5.70. The van der Waals surface area contributed by atoms with E-state index in [1.165, 1.54) is 6.08 Å². The highest BCUT2D eigenvalue weighted by atomic mass is 16.1. The number of carbonyl (C=O) groups excluding carboxylic acids is 1. The molecule has 2 rings (SSSR count). The predicted octanol–water partition coefficient (Wildman–Crippen LogP) is 3.04. The van der Waals surface area contributed by atoms with Crippen LogP contribution >= 0.6 is 0 Å². The van der Waals surface area contributed by atoms with Crippen LogP contribution in [0.1, 0.15) is 11.1 Å². The van der Waals surface area contributed by atoms with Crippen molar-refractivity contribution in [2.45, 2.75) is 6.92 Å². The highest BCUT2D eigenvalue weighted by molar-refractivity contribution is 6.01. The molecule has 0 bridgehead atoms. The molecule has 18 heavy (non-hydrogen) atoms. The van der Waals surface area contributed by atoms with Gasteiger partial charge >= 0.3 is 0 Å². The molecule has 2 aromatic rings. The van der Waals surface area contributed by atoms with E-state index in [4.69, 9.17) is 0 Å². The van der Waals surface area contributed by atoms with Gasteiger partial charge in [0.1, 0.15) is 0 Å². The van der Waals surface area contributed by atoms with Crippen molar-refractivity contribution in [2.24, 2.45) is 0 Å². The van der Waals surface area contributed by atoms with Gasteiger partial charge in [0.2, 0.25) is 5.91 Å². The van der Waals surface area contributed by atoms with E-state index < -0.39 is 0 Å². The topological polar surface area (TPSA) is 42.0 Å². The molecule has 1 N–H and O–H groups in total. The van der Waals surface area contributed by atoms with Crippen molar-refractivity contribution in [1.29, 1.82) is 0 Å². The Balaban J connectivity index is 1.99. The third kappa shape index (κ3) is 3.56. The molecule has 0 radical (unpaired) electrons. The first kappa shape index (κ1) is 12.0. The van der Waals surface area contributed by atoms with Crippen molar-refractivity contribution in [1.82, 2.24) is 4.98 Å². The van der Waals surface area contributed by atoms with Gasteiger partial charge in [-0.2, -0.15) is 0 Å². The van der Waals surface area contributed by atoms with E-state index in [9.17, 15) is 4.79 Å². The van der Waals surface area contributed by atoms with Crippen molar-refractivity contribution >= 4 is 17.7 Å². The van der Waals surface area contributed by atoms with Gasteiger partial charge in [0.25, 0.3) is 0 Å². The first-order chi connectivity index (χ1) is 8.74. The maximum absolute atomic E-state index is 11.7. The van der Waals surface area contributed by atoms with Gasteiger partial charge in [-0.25, -0.2) is 0 Å². The molecule has 3 nitrogen and oxygen atoms in total. The van der Waals surface area contributed by atoms with Gasteiger partial charge in [-0.1, -0.05) is 18.2 Å². The third-order valence-corrected chi connectivity index (χ3v) is 2.40. The standard InChI is InChI=1S/C15H14N2O/c1-12-4-2-6-14(10-12)17-15(18)8-7-13-5-3-9-16-11-13/h2-11H,1H3,(H,17,18)/b8-7+. The number of pyridine rings is 1. The first-order valence-electron chi connectivity index (χ1n) is 5.70. The lowest BCUT2D eigenvalue weighted by atomic mass is 10.2. The quantitative estimate of drug-likeness (QED) is 0.835. The van der Waals surface area contributed by atoms with Crippen LogP contribution in [0.2, 0.25) is 0 Å². The Labute approximate surface area is 106 Å². The van der Waals surface area contributed by atoms with E-state index in [-0.39, 0.29) is 5.91 Å². The summed E-state index contributed by atoms with van der Waals surface area (Å²) >= 11 is 0. The van der Waals surface area contributed by atoms with Crippen LogP contribution in [0.5, 0.6) is 0 Å². The molecule has 1 heterocycles. The second kappa shape index (κ2) is 5.77. The van der Waals surface area contributed by atoms with Crippen LogP contribution in [0.15, 0.2) is 54.9 Å². The molecule has 1 aromatic carbocycles. The Morgan fingerprint density at radius 1 is 1.28 bits per heavy atom. The van der Waals surface area contributed by atoms with Gasteiger partial charge in [0, 0.05) is 24.2 Å². The average Bonchev–Trinajstić information content (AvgIpc) is 2.38. The number of aryl methyl sites for hydroxylation is 1. The monoisotopic (exact) mass is 238 g/mol. The van der Waals surface area contributed by atoms with Gasteiger partial charge in [-0.3, -0.25) is 9.78 Å². The number of benzene rings is 1. The van der Waals surface area contributed by atoms with Gasteiger partial charge in [0.15, 0.2) is 0 Å². The summed E-state index contributed by atoms with van der Waals surface area (Å²) in [6, 6.07) is 11.4. The number of rotatable bonds is 3. The summed E-state index contributed by atoms with van der Waals surface area (Å²) in [6.45, 7) is 1.99. The molecule has 1 aromatic heterocycles. The molecular formula is C15H14N2O. The van der Waals surface area contributed by atoms with E-state index in [1.807, 2.05) is 43.3 Å². The minimum Gasteiger partial charge on any atom is -0.323 e. The Morgan fingerprint density at radius 3 is 2.89 bits per heavy atom. The fourth-order valence-corrected chi connectivity index (χ4v) is 1.55. The zero-order chi connectivity index (χ0) is 12.8. The minimum absolute atomic E-state index is 0.149. The molecule has 0 fully saturated rings. The molecule has 0 saturated carbocycles. The molecule has 0 saturated heterocycles. The molecule has 0 aliphatic heterocycles. The van der Waals surface area contributed by atoms with Gasteiger partial charge in [-0.05, 0) is 42.3 Å². The Bertz CT molecular complexity index is 562. The highest BCUT2D eigenvalue weighted by Crippen LogP contribution is 2.09. The molecule has 90 valence electrons. The van der Waals surface area contributed by atoms with E-state index in [0.717, 1.165) is 16.8 Å². The van der Waals surface area contributed by atoms with Crippen LogP contribution in [0, 0.1) is 6.92 Å². The lowest BCUT2D eigenvalue weighted by molar-refractivity contribution is -0.111. The van der Waals surface area contributed by atoms with E-state index in [0.29, 0.717) is 0 Å². The smallest absolute Gasteiger partial charge is 0.248 e. The summed E-state index contributed by atoms with van der Waals surface area (Å²) in [4.78, 5) is 15.7. The van der Waals surface area contributed by atoms with Gasteiger partial charge < -0.3 is 5.32 Å². The van der Waals surface area contributed by atoms with Crippen LogP contribution in [0.4, 0.5) is 5.69 Å². The lowest BCUT2D eigenvalue weighted by Gasteiger charge is -2.02. The zero-order valence-corrected chi connectivity index (χ0v) is 10.1. The SMILES string of the molecule is Cc1cccc(NC(=O)/C=C/c2cccnc2)c1. The third-order valence-electron chi connectivity index (χ3n) is 2.40.